The van der Waals surface area contributed by atoms with Crippen LogP contribution in [0, 0.1) is 48.1 Å². The van der Waals surface area contributed by atoms with Crippen molar-refractivity contribution in [3.8, 4) is 30.4 Å². The molecule has 8 nitrogen and oxygen atoms in total. The monoisotopic (exact) mass is 484 g/mol. The number of hydrogen-bond donors (Lipinski definition) is 2. The molecule has 180 valence electrons. The van der Waals surface area contributed by atoms with Crippen molar-refractivity contribution in [2.24, 2.45) is 5.92 Å². The van der Waals surface area contributed by atoms with Gasteiger partial charge in [-0.1, -0.05) is 18.4 Å². The number of hydrogen-bond acceptors (Lipinski definition) is 5. The molecule has 0 atom stereocenters. The lowest BCUT2D eigenvalue weighted by Crippen LogP contribution is -2.53. The number of carbonyl (C=O) groups is 2. The zero-order valence-corrected chi connectivity index (χ0v) is 18.2. The summed E-state index contributed by atoms with van der Waals surface area (Å²) in [6, 6.07) is 0.886. The van der Waals surface area contributed by atoms with Crippen LogP contribution < -0.4 is 15.8 Å². The van der Waals surface area contributed by atoms with E-state index < -0.39 is 69.7 Å². The predicted octanol–water partition coefficient (Wildman–Crippen LogP) is 1.67. The minimum absolute atomic E-state index is 0.0629. The number of fused-ring (bicyclic) bond motifs is 1. The first-order valence-electron chi connectivity index (χ1n) is 10.1. The number of benzene rings is 1. The lowest BCUT2D eigenvalue weighted by Gasteiger charge is -2.38. The molecule has 0 saturated heterocycles. The lowest BCUT2D eigenvalue weighted by molar-refractivity contribution is 0.0762. The molecule has 3 rings (SSSR count). The van der Waals surface area contributed by atoms with Crippen LogP contribution >= 0.6 is 0 Å². The SMILES string of the molecule is C#CC(C#C)CCN1CN(C=C)C(=O)c2c(O)c(=O)c(C(=O)NCc3c(F)cc(F)cc3F)cn21. The first-order valence-corrected chi connectivity index (χ1v) is 10.1. The van der Waals surface area contributed by atoms with Crippen LogP contribution in [0.4, 0.5) is 13.2 Å². The van der Waals surface area contributed by atoms with Gasteiger partial charge in [-0.25, -0.2) is 13.2 Å². The van der Waals surface area contributed by atoms with E-state index in [1.807, 2.05) is 0 Å². The number of nitrogens with one attached hydrogen (secondary N) is 1. The van der Waals surface area contributed by atoms with Crippen molar-refractivity contribution in [2.45, 2.75) is 13.0 Å². The molecule has 2 heterocycles. The lowest BCUT2D eigenvalue weighted by atomic mass is 10.1. The van der Waals surface area contributed by atoms with E-state index in [1.165, 1.54) is 11.2 Å². The van der Waals surface area contributed by atoms with E-state index in [4.69, 9.17) is 12.8 Å². The van der Waals surface area contributed by atoms with Gasteiger partial charge in [-0.15, -0.1) is 12.8 Å². The van der Waals surface area contributed by atoms with Gasteiger partial charge in [0.25, 0.3) is 11.8 Å². The van der Waals surface area contributed by atoms with E-state index in [0.29, 0.717) is 12.1 Å². The third kappa shape index (κ3) is 4.84. The van der Waals surface area contributed by atoms with Crippen molar-refractivity contribution >= 4 is 11.8 Å². The number of halogens is 3. The molecule has 0 saturated carbocycles. The Balaban J connectivity index is 1.98. The molecule has 1 aromatic carbocycles. The molecule has 0 unspecified atom stereocenters. The molecule has 2 amide bonds. The fourth-order valence-electron chi connectivity index (χ4n) is 3.43. The minimum atomic E-state index is -1.23. The highest BCUT2D eigenvalue weighted by Gasteiger charge is 2.33. The van der Waals surface area contributed by atoms with Crippen molar-refractivity contribution in [1.29, 1.82) is 0 Å². The molecule has 2 aromatic rings. The van der Waals surface area contributed by atoms with Crippen LogP contribution in [0.15, 0.2) is 35.9 Å². The highest BCUT2D eigenvalue weighted by molar-refractivity contribution is 5.99. The van der Waals surface area contributed by atoms with Crippen molar-refractivity contribution in [3.05, 3.63) is 75.6 Å². The third-order valence-corrected chi connectivity index (χ3v) is 5.32. The minimum Gasteiger partial charge on any atom is -0.502 e. The molecule has 1 aromatic heterocycles. The van der Waals surface area contributed by atoms with Gasteiger partial charge in [0.15, 0.2) is 11.4 Å². The number of rotatable bonds is 7. The van der Waals surface area contributed by atoms with Crippen molar-refractivity contribution in [1.82, 2.24) is 14.9 Å². The fourth-order valence-corrected chi connectivity index (χ4v) is 3.43. The van der Waals surface area contributed by atoms with Gasteiger partial charge in [-0.2, -0.15) is 0 Å². The molecular formula is C24H19F3N4O4. The van der Waals surface area contributed by atoms with Crippen LogP contribution in [0.2, 0.25) is 0 Å². The zero-order chi connectivity index (χ0) is 25.9. The van der Waals surface area contributed by atoms with Gasteiger partial charge >= 0.3 is 0 Å². The Morgan fingerprint density at radius 1 is 1.23 bits per heavy atom. The van der Waals surface area contributed by atoms with Crippen LogP contribution in [0.5, 0.6) is 5.75 Å². The normalized spacial score (nSPS) is 12.7. The highest BCUT2D eigenvalue weighted by atomic mass is 19.1. The number of amides is 2. The van der Waals surface area contributed by atoms with E-state index in [1.54, 1.807) is 0 Å². The quantitative estimate of drug-likeness (QED) is 0.584. The van der Waals surface area contributed by atoms with Crippen LogP contribution in [-0.4, -0.2) is 39.7 Å². The summed E-state index contributed by atoms with van der Waals surface area (Å²) in [6.45, 7) is 2.93. The number of aromatic nitrogens is 1. The molecule has 2 N–H and O–H groups in total. The topological polar surface area (TPSA) is 94.9 Å². The Hall–Kier alpha value is -4.64. The molecule has 0 spiro atoms. The van der Waals surface area contributed by atoms with Gasteiger partial charge in [0.1, 0.15) is 29.7 Å². The number of pyridine rings is 1. The average molecular weight is 484 g/mol. The fraction of sp³-hybridized carbons (Fsp3) is 0.208. The molecule has 0 aliphatic carbocycles. The Bertz CT molecular complexity index is 1320. The van der Waals surface area contributed by atoms with E-state index in [2.05, 4.69) is 23.7 Å². The standard InChI is InChI=1S/C24H19F3N4O4/c1-4-14(5-2)7-8-30-13-29(6-3)24(35)20-22(33)21(32)17(12-31(20)30)23(34)28-11-16-18(26)9-15(25)10-19(16)27/h1-2,6,9-10,12,14,33H,3,7-8,11,13H2,(H,28,34). The maximum atomic E-state index is 13.9. The number of terminal acetylenes is 2. The maximum absolute atomic E-state index is 13.9. The average Bonchev–Trinajstić information content (AvgIpc) is 2.81. The summed E-state index contributed by atoms with van der Waals surface area (Å²) in [6.07, 6.45) is 13.3. The molecule has 0 fully saturated rings. The molecule has 11 heteroatoms. The summed E-state index contributed by atoms with van der Waals surface area (Å²) in [5.74, 6) is -2.14. The van der Waals surface area contributed by atoms with Gasteiger partial charge in [0.2, 0.25) is 5.43 Å². The van der Waals surface area contributed by atoms with Gasteiger partial charge in [-0.3, -0.25) is 29.0 Å². The third-order valence-electron chi connectivity index (χ3n) is 5.32. The van der Waals surface area contributed by atoms with Crippen LogP contribution in [0.3, 0.4) is 0 Å². The Kier molecular flexibility index (Phi) is 7.21. The zero-order valence-electron chi connectivity index (χ0n) is 18.2. The van der Waals surface area contributed by atoms with Crippen LogP contribution in [-0.2, 0) is 6.54 Å². The van der Waals surface area contributed by atoms with E-state index in [-0.39, 0.29) is 19.6 Å². The largest absolute Gasteiger partial charge is 0.502 e. The molecular weight excluding hydrogens is 465 g/mol. The van der Waals surface area contributed by atoms with Gasteiger partial charge < -0.3 is 10.4 Å². The molecule has 1 aliphatic heterocycles. The Morgan fingerprint density at radius 2 is 1.86 bits per heavy atom. The second-order valence-electron chi connectivity index (χ2n) is 7.45. The molecule has 0 radical (unpaired) electrons. The van der Waals surface area contributed by atoms with Gasteiger partial charge in [0.05, 0.1) is 5.92 Å². The summed E-state index contributed by atoms with van der Waals surface area (Å²) in [7, 11) is 0. The Labute approximate surface area is 198 Å². The molecule has 35 heavy (non-hydrogen) atoms. The summed E-state index contributed by atoms with van der Waals surface area (Å²) in [5.41, 5.74) is -2.84. The predicted molar refractivity (Wildman–Crippen MR) is 120 cm³/mol. The maximum Gasteiger partial charge on any atom is 0.281 e. The highest BCUT2D eigenvalue weighted by Crippen LogP contribution is 2.22. The first-order chi connectivity index (χ1) is 16.6. The second kappa shape index (κ2) is 10.1. The van der Waals surface area contributed by atoms with Crippen molar-refractivity contribution in [3.63, 3.8) is 0 Å². The van der Waals surface area contributed by atoms with Gasteiger partial charge in [0, 0.05) is 43.2 Å². The summed E-state index contributed by atoms with van der Waals surface area (Å²) >= 11 is 0. The summed E-state index contributed by atoms with van der Waals surface area (Å²) in [5, 5.41) is 14.2. The van der Waals surface area contributed by atoms with Crippen LogP contribution in [0.1, 0.15) is 32.8 Å². The van der Waals surface area contributed by atoms with Gasteiger partial charge in [-0.05, 0) is 6.42 Å². The smallest absolute Gasteiger partial charge is 0.281 e. The van der Waals surface area contributed by atoms with E-state index in [9.17, 15) is 32.7 Å². The number of aromatic hydroxyl groups is 1. The van der Waals surface area contributed by atoms with Crippen molar-refractivity contribution in [2.75, 3.05) is 18.2 Å². The van der Waals surface area contributed by atoms with E-state index in [0.717, 1.165) is 15.8 Å². The van der Waals surface area contributed by atoms with Crippen molar-refractivity contribution < 1.29 is 27.9 Å². The number of carbonyl (C=O) groups excluding carboxylic acids is 2. The molecule has 1 aliphatic rings. The van der Waals surface area contributed by atoms with Crippen LogP contribution in [0.25, 0.3) is 0 Å². The number of nitrogens with zero attached hydrogens (tertiary/aromatic N) is 3. The van der Waals surface area contributed by atoms with E-state index >= 15 is 0 Å². The molecule has 0 bridgehead atoms. The summed E-state index contributed by atoms with van der Waals surface area (Å²) in [4.78, 5) is 39.3. The second-order valence-corrected chi connectivity index (χ2v) is 7.45. The summed E-state index contributed by atoms with van der Waals surface area (Å²) < 4.78 is 42.0. The first kappa shape index (κ1) is 25.0. The Morgan fingerprint density at radius 3 is 2.43 bits per heavy atom.